The third kappa shape index (κ3) is 4.73. The normalized spacial score (nSPS) is 13.2. The van der Waals surface area contributed by atoms with E-state index in [0.29, 0.717) is 10.2 Å². The van der Waals surface area contributed by atoms with Crippen LogP contribution in [-0.4, -0.2) is 28.1 Å². The van der Waals surface area contributed by atoms with Crippen LogP contribution in [0.1, 0.15) is 26.2 Å². The van der Waals surface area contributed by atoms with Crippen molar-refractivity contribution in [2.24, 2.45) is 5.73 Å². The van der Waals surface area contributed by atoms with Crippen LogP contribution in [0.4, 0.5) is 0 Å². The molecule has 0 saturated heterocycles. The van der Waals surface area contributed by atoms with E-state index in [1.54, 1.807) is 12.1 Å². The highest BCUT2D eigenvalue weighted by molar-refractivity contribution is 9.10. The number of benzene rings is 1. The molecular formula is C13H21BrN2O3S. The number of hydrogen-bond acceptors (Lipinski definition) is 4. The summed E-state index contributed by atoms with van der Waals surface area (Å²) >= 11 is 3.27. The van der Waals surface area contributed by atoms with Crippen LogP contribution in [0, 0.1) is 0 Å². The van der Waals surface area contributed by atoms with Crippen molar-refractivity contribution < 1.29 is 13.2 Å². The highest BCUT2D eigenvalue weighted by atomic mass is 79.9. The van der Waals surface area contributed by atoms with E-state index in [0.717, 1.165) is 19.3 Å². The van der Waals surface area contributed by atoms with Gasteiger partial charge in [-0.1, -0.05) is 35.7 Å². The van der Waals surface area contributed by atoms with Crippen molar-refractivity contribution in [2.75, 3.05) is 13.7 Å². The van der Waals surface area contributed by atoms with E-state index >= 15 is 0 Å². The maximum absolute atomic E-state index is 12.4. The summed E-state index contributed by atoms with van der Waals surface area (Å²) in [6.45, 7) is 2.33. The first-order valence-electron chi connectivity index (χ1n) is 6.50. The Morgan fingerprint density at radius 1 is 1.45 bits per heavy atom. The van der Waals surface area contributed by atoms with Crippen molar-refractivity contribution in [3.8, 4) is 5.75 Å². The number of methoxy groups -OCH3 is 1. The van der Waals surface area contributed by atoms with Crippen LogP contribution in [0.15, 0.2) is 27.6 Å². The second kappa shape index (κ2) is 7.97. The van der Waals surface area contributed by atoms with Crippen molar-refractivity contribution in [2.45, 2.75) is 37.1 Å². The number of hydrogen-bond donors (Lipinski definition) is 2. The molecule has 0 fully saturated rings. The lowest BCUT2D eigenvalue weighted by Crippen LogP contribution is -2.40. The number of nitrogens with one attached hydrogen (secondary N) is 1. The summed E-state index contributed by atoms with van der Waals surface area (Å²) in [4.78, 5) is 0.115. The maximum Gasteiger partial charge on any atom is 0.244 e. The average Bonchev–Trinajstić information content (AvgIpc) is 2.43. The minimum atomic E-state index is -3.65. The molecule has 1 aromatic carbocycles. The Kier molecular flexibility index (Phi) is 6.94. The fourth-order valence-electron chi connectivity index (χ4n) is 1.82. The lowest BCUT2D eigenvalue weighted by Gasteiger charge is -2.18. The van der Waals surface area contributed by atoms with Gasteiger partial charge in [0.1, 0.15) is 10.6 Å². The molecule has 20 heavy (non-hydrogen) atoms. The van der Waals surface area contributed by atoms with E-state index in [-0.39, 0.29) is 17.5 Å². The van der Waals surface area contributed by atoms with Gasteiger partial charge in [-0.2, -0.15) is 0 Å². The summed E-state index contributed by atoms with van der Waals surface area (Å²) in [5, 5.41) is 0. The standard InChI is InChI=1S/C13H21BrN2O3S/c1-3-4-5-11(9-15)16-20(17,18)13-8-10(14)6-7-12(13)19-2/h6-8,11,16H,3-5,9,15H2,1-2H3. The fraction of sp³-hybridized carbons (Fsp3) is 0.538. The Labute approximate surface area is 129 Å². The smallest absolute Gasteiger partial charge is 0.244 e. The Morgan fingerprint density at radius 2 is 2.15 bits per heavy atom. The van der Waals surface area contributed by atoms with E-state index in [4.69, 9.17) is 10.5 Å². The quantitative estimate of drug-likeness (QED) is 0.740. The van der Waals surface area contributed by atoms with Gasteiger partial charge in [0.2, 0.25) is 10.0 Å². The largest absolute Gasteiger partial charge is 0.495 e. The average molecular weight is 365 g/mol. The fourth-order valence-corrected chi connectivity index (χ4v) is 3.81. The van der Waals surface area contributed by atoms with Gasteiger partial charge in [-0.15, -0.1) is 0 Å². The minimum Gasteiger partial charge on any atom is -0.495 e. The summed E-state index contributed by atoms with van der Waals surface area (Å²) < 4.78 is 33.3. The zero-order valence-electron chi connectivity index (χ0n) is 11.7. The van der Waals surface area contributed by atoms with Gasteiger partial charge >= 0.3 is 0 Å². The van der Waals surface area contributed by atoms with E-state index in [1.165, 1.54) is 13.2 Å². The first-order valence-corrected chi connectivity index (χ1v) is 8.78. The molecule has 3 N–H and O–H groups in total. The number of sulfonamides is 1. The Balaban J connectivity index is 3.00. The van der Waals surface area contributed by atoms with E-state index < -0.39 is 10.0 Å². The van der Waals surface area contributed by atoms with Gasteiger partial charge in [0, 0.05) is 17.1 Å². The number of rotatable bonds is 8. The van der Waals surface area contributed by atoms with Gasteiger partial charge in [-0.3, -0.25) is 0 Å². The number of halogens is 1. The summed E-state index contributed by atoms with van der Waals surface area (Å²) in [7, 11) is -2.21. The molecule has 0 aliphatic rings. The van der Waals surface area contributed by atoms with Crippen LogP contribution in [0.5, 0.6) is 5.75 Å². The van der Waals surface area contributed by atoms with Gasteiger partial charge in [-0.05, 0) is 24.6 Å². The van der Waals surface area contributed by atoms with Gasteiger partial charge in [0.05, 0.1) is 7.11 Å². The van der Waals surface area contributed by atoms with E-state index in [1.807, 2.05) is 0 Å². The van der Waals surface area contributed by atoms with E-state index in [9.17, 15) is 8.42 Å². The molecule has 0 aromatic heterocycles. The molecule has 0 heterocycles. The van der Waals surface area contributed by atoms with Crippen LogP contribution in [0.25, 0.3) is 0 Å². The van der Waals surface area contributed by atoms with Crippen LogP contribution in [-0.2, 0) is 10.0 Å². The second-order valence-electron chi connectivity index (χ2n) is 4.49. The lowest BCUT2D eigenvalue weighted by molar-refractivity contribution is 0.401. The SMILES string of the molecule is CCCCC(CN)NS(=O)(=O)c1cc(Br)ccc1OC. The molecule has 5 nitrogen and oxygen atoms in total. The highest BCUT2D eigenvalue weighted by Crippen LogP contribution is 2.27. The van der Waals surface area contributed by atoms with Gasteiger partial charge in [-0.25, -0.2) is 13.1 Å². The molecule has 7 heteroatoms. The second-order valence-corrected chi connectivity index (χ2v) is 7.09. The van der Waals surface area contributed by atoms with E-state index in [2.05, 4.69) is 27.6 Å². The molecular weight excluding hydrogens is 344 g/mol. The molecule has 0 aliphatic carbocycles. The van der Waals surface area contributed by atoms with Gasteiger partial charge in [0.25, 0.3) is 0 Å². The summed E-state index contributed by atoms with van der Waals surface area (Å²) in [6.07, 6.45) is 2.65. The topological polar surface area (TPSA) is 81.4 Å². The number of ether oxygens (including phenoxy) is 1. The molecule has 0 amide bonds. The van der Waals surface area contributed by atoms with Crippen molar-refractivity contribution >= 4 is 26.0 Å². The summed E-state index contributed by atoms with van der Waals surface area (Å²) in [5.41, 5.74) is 5.63. The van der Waals surface area contributed by atoms with Gasteiger partial charge in [0.15, 0.2) is 0 Å². The van der Waals surface area contributed by atoms with Crippen molar-refractivity contribution in [1.82, 2.24) is 4.72 Å². The summed E-state index contributed by atoms with van der Waals surface area (Å²) in [5.74, 6) is 0.312. The Morgan fingerprint density at radius 3 is 2.70 bits per heavy atom. The predicted octanol–water partition coefficient (Wildman–Crippen LogP) is 2.25. The zero-order valence-corrected chi connectivity index (χ0v) is 14.1. The highest BCUT2D eigenvalue weighted by Gasteiger charge is 2.23. The molecule has 114 valence electrons. The van der Waals surface area contributed by atoms with Crippen LogP contribution >= 0.6 is 15.9 Å². The molecule has 0 bridgehead atoms. The van der Waals surface area contributed by atoms with Crippen LogP contribution in [0.3, 0.4) is 0 Å². The van der Waals surface area contributed by atoms with Crippen molar-refractivity contribution in [3.05, 3.63) is 22.7 Å². The van der Waals surface area contributed by atoms with Crippen molar-refractivity contribution in [1.29, 1.82) is 0 Å². The van der Waals surface area contributed by atoms with Crippen molar-refractivity contribution in [3.63, 3.8) is 0 Å². The molecule has 1 rings (SSSR count). The zero-order chi connectivity index (χ0) is 15.2. The summed E-state index contributed by atoms with van der Waals surface area (Å²) in [6, 6.07) is 4.61. The molecule has 0 spiro atoms. The Hall–Kier alpha value is -0.630. The third-order valence-electron chi connectivity index (χ3n) is 2.93. The number of nitrogens with two attached hydrogens (primary N) is 1. The lowest BCUT2D eigenvalue weighted by atomic mass is 10.1. The Bertz CT molecular complexity index is 534. The third-order valence-corrected chi connectivity index (χ3v) is 4.96. The van der Waals surface area contributed by atoms with Crippen LogP contribution < -0.4 is 15.2 Å². The molecule has 1 unspecified atom stereocenters. The molecule has 1 aromatic rings. The molecule has 1 atom stereocenters. The first kappa shape index (κ1) is 17.4. The van der Waals surface area contributed by atoms with Crippen LogP contribution in [0.2, 0.25) is 0 Å². The van der Waals surface area contributed by atoms with Gasteiger partial charge < -0.3 is 10.5 Å². The first-order chi connectivity index (χ1) is 9.44. The monoisotopic (exact) mass is 364 g/mol. The minimum absolute atomic E-state index is 0.115. The maximum atomic E-state index is 12.4. The molecule has 0 radical (unpaired) electrons. The number of unbranched alkanes of at least 4 members (excludes halogenated alkanes) is 1. The predicted molar refractivity (Wildman–Crippen MR) is 83.4 cm³/mol. The molecule has 0 aliphatic heterocycles. The molecule has 0 saturated carbocycles.